The van der Waals surface area contributed by atoms with Gasteiger partial charge in [0.15, 0.2) is 6.23 Å². The van der Waals surface area contributed by atoms with Crippen molar-refractivity contribution in [2.24, 2.45) is 5.10 Å². The molecule has 68 valence electrons. The fourth-order valence-electron chi connectivity index (χ4n) is 1.45. The van der Waals surface area contributed by atoms with Crippen molar-refractivity contribution in [2.45, 2.75) is 17.9 Å². The number of ether oxygens (including phenoxy) is 1. The van der Waals surface area contributed by atoms with Crippen LogP contribution in [0.3, 0.4) is 0 Å². The summed E-state index contributed by atoms with van der Waals surface area (Å²) in [5, 5.41) is 5.48. The van der Waals surface area contributed by atoms with Gasteiger partial charge in [0, 0.05) is 23.4 Å². The molecule has 0 bridgehead atoms. The van der Waals surface area contributed by atoms with Gasteiger partial charge < -0.3 is 4.74 Å². The van der Waals surface area contributed by atoms with Crippen LogP contribution >= 0.6 is 0 Å². The smallest absolute Gasteiger partial charge is 0.165 e. The monoisotopic (exact) mass is 189 g/mol. The molecule has 2 rings (SSSR count). The van der Waals surface area contributed by atoms with Crippen molar-refractivity contribution >= 4 is 16.8 Å². The third kappa shape index (κ3) is 1.21. The molecule has 2 heterocycles. The minimum atomic E-state index is -1.96. The Kier molecular flexibility index (Phi) is 2.02. The van der Waals surface area contributed by atoms with E-state index in [4.69, 9.17) is 9.52 Å². The van der Waals surface area contributed by atoms with E-state index in [1.807, 2.05) is 0 Å². The molecule has 3 unspecified atom stereocenters. The number of hydrogen-bond donors (Lipinski definition) is 2. The number of nitrogens with one attached hydrogen (secondary N) is 1. The zero-order valence-electron chi connectivity index (χ0n) is 6.51. The van der Waals surface area contributed by atoms with E-state index in [0.29, 0.717) is 6.61 Å². The minimum absolute atomic E-state index is 0.236. The van der Waals surface area contributed by atoms with E-state index >= 15 is 0 Å². The van der Waals surface area contributed by atoms with E-state index in [-0.39, 0.29) is 11.5 Å². The van der Waals surface area contributed by atoms with Gasteiger partial charge >= 0.3 is 0 Å². The normalized spacial score (nSPS) is 36.5. The van der Waals surface area contributed by atoms with Crippen LogP contribution in [0.4, 0.5) is 0 Å². The van der Waals surface area contributed by atoms with E-state index in [1.165, 1.54) is 0 Å². The zero-order chi connectivity index (χ0) is 8.55. The average Bonchev–Trinajstić information content (AvgIpc) is 2.47. The van der Waals surface area contributed by atoms with Crippen LogP contribution in [0.2, 0.25) is 0 Å². The highest BCUT2D eigenvalue weighted by molar-refractivity contribution is 7.75. The van der Waals surface area contributed by atoms with E-state index in [9.17, 15) is 4.21 Å². The van der Waals surface area contributed by atoms with Gasteiger partial charge in [-0.25, -0.2) is 0 Å². The number of thiol groups is 1. The molecular formula is C6H11N3O2S. The van der Waals surface area contributed by atoms with Crippen molar-refractivity contribution in [2.75, 3.05) is 13.2 Å². The van der Waals surface area contributed by atoms with Gasteiger partial charge in [0.1, 0.15) is 5.25 Å². The van der Waals surface area contributed by atoms with Crippen molar-refractivity contribution in [3.05, 3.63) is 0 Å². The maximum Gasteiger partial charge on any atom is 0.165 e. The molecule has 0 amide bonds. The summed E-state index contributed by atoms with van der Waals surface area (Å²) >= 11 is 0. The van der Waals surface area contributed by atoms with Crippen LogP contribution in [-0.4, -0.2) is 40.1 Å². The maximum atomic E-state index is 10.9. The number of nitrogens with zero attached hydrogens (tertiary/aromatic N) is 2. The zero-order valence-corrected chi connectivity index (χ0v) is 7.41. The van der Waals surface area contributed by atoms with Crippen LogP contribution in [0.25, 0.3) is 0 Å². The lowest BCUT2D eigenvalue weighted by atomic mass is 10.3. The highest BCUT2D eigenvalue weighted by atomic mass is 32.2. The van der Waals surface area contributed by atoms with Gasteiger partial charge in [-0.15, -0.1) is 0 Å². The van der Waals surface area contributed by atoms with Gasteiger partial charge in [-0.1, -0.05) is 0 Å². The van der Waals surface area contributed by atoms with Gasteiger partial charge in [0.2, 0.25) is 0 Å². The minimum Gasteiger partial charge on any atom is -0.355 e. The Bertz CT molecular complexity index is 268. The Morgan fingerprint density at radius 1 is 1.75 bits per heavy atom. The molecule has 2 aliphatic heterocycles. The fourth-order valence-corrected chi connectivity index (χ4v) is 2.10. The van der Waals surface area contributed by atoms with Crippen LogP contribution in [0, 0.1) is 4.78 Å². The Morgan fingerprint density at radius 3 is 3.33 bits per heavy atom. The maximum absolute atomic E-state index is 10.9. The number of fused-ring (bicyclic) bond motifs is 1. The molecule has 0 aromatic rings. The topological polar surface area (TPSA) is 65.8 Å². The molecule has 0 spiro atoms. The number of hydrazone groups is 1. The molecule has 1 fully saturated rings. The van der Waals surface area contributed by atoms with Gasteiger partial charge in [0.25, 0.3) is 0 Å². The molecule has 1 saturated heterocycles. The molecule has 2 aliphatic rings. The second kappa shape index (κ2) is 3.02. The fraction of sp³-hybridized carbons (Fsp3) is 0.833. The molecule has 0 radical (unpaired) electrons. The van der Waals surface area contributed by atoms with Gasteiger partial charge in [-0.05, 0) is 6.42 Å². The summed E-state index contributed by atoms with van der Waals surface area (Å²) in [7, 11) is -1.96. The SMILES string of the molecule is N=[SH](=O)C1C=NN2CCCOC12. The predicted octanol–water partition coefficient (Wildman–Crippen LogP) is -0.354. The largest absolute Gasteiger partial charge is 0.355 e. The van der Waals surface area contributed by atoms with Crippen LogP contribution in [0.1, 0.15) is 6.42 Å². The van der Waals surface area contributed by atoms with Gasteiger partial charge in [-0.3, -0.25) is 14.0 Å². The van der Waals surface area contributed by atoms with Crippen molar-refractivity contribution in [3.8, 4) is 0 Å². The molecule has 3 atom stereocenters. The molecule has 1 N–H and O–H groups in total. The highest BCUT2D eigenvalue weighted by Crippen LogP contribution is 2.19. The summed E-state index contributed by atoms with van der Waals surface area (Å²) < 4.78 is 23.4. The van der Waals surface area contributed by atoms with Crippen LogP contribution in [-0.2, 0) is 15.3 Å². The molecule has 0 aromatic heterocycles. The molecular weight excluding hydrogens is 178 g/mol. The third-order valence-corrected chi connectivity index (χ3v) is 2.97. The molecule has 5 nitrogen and oxygen atoms in total. The summed E-state index contributed by atoms with van der Waals surface area (Å²) in [6.45, 7) is 1.53. The Hall–Kier alpha value is -0.620. The first kappa shape index (κ1) is 8.00. The Morgan fingerprint density at radius 2 is 2.58 bits per heavy atom. The first-order valence-electron chi connectivity index (χ1n) is 3.89. The highest BCUT2D eigenvalue weighted by Gasteiger charge is 2.34. The van der Waals surface area contributed by atoms with Crippen LogP contribution in [0.5, 0.6) is 0 Å². The first-order valence-corrected chi connectivity index (χ1v) is 5.22. The number of hydrogen-bond acceptors (Lipinski definition) is 5. The van der Waals surface area contributed by atoms with Crippen molar-refractivity contribution in [1.29, 1.82) is 4.78 Å². The van der Waals surface area contributed by atoms with E-state index in [0.717, 1.165) is 13.0 Å². The van der Waals surface area contributed by atoms with E-state index < -0.39 is 10.6 Å². The summed E-state index contributed by atoms with van der Waals surface area (Å²) in [6, 6.07) is 0. The molecule has 0 aromatic carbocycles. The second-order valence-corrected chi connectivity index (χ2v) is 4.11. The number of rotatable bonds is 1. The lowest BCUT2D eigenvalue weighted by Crippen LogP contribution is -2.42. The third-order valence-electron chi connectivity index (χ3n) is 2.04. The van der Waals surface area contributed by atoms with Crippen molar-refractivity contribution in [3.63, 3.8) is 0 Å². The second-order valence-electron chi connectivity index (χ2n) is 2.86. The Balaban J connectivity index is 2.15. The lowest BCUT2D eigenvalue weighted by molar-refractivity contribution is -0.0773. The van der Waals surface area contributed by atoms with Gasteiger partial charge in [-0.2, -0.15) is 5.10 Å². The van der Waals surface area contributed by atoms with E-state index in [1.54, 1.807) is 11.2 Å². The lowest BCUT2D eigenvalue weighted by Gasteiger charge is -2.30. The summed E-state index contributed by atoms with van der Waals surface area (Å²) in [5.74, 6) is 0. The van der Waals surface area contributed by atoms with Gasteiger partial charge in [0.05, 0.1) is 6.61 Å². The van der Waals surface area contributed by atoms with Crippen LogP contribution < -0.4 is 0 Å². The van der Waals surface area contributed by atoms with Crippen LogP contribution in [0.15, 0.2) is 5.10 Å². The van der Waals surface area contributed by atoms with Crippen molar-refractivity contribution in [1.82, 2.24) is 5.01 Å². The van der Waals surface area contributed by atoms with E-state index in [2.05, 4.69) is 5.10 Å². The summed E-state index contributed by atoms with van der Waals surface area (Å²) in [6.07, 6.45) is 2.29. The Labute approximate surface area is 72.4 Å². The standard InChI is InChI=1S/C6H11N3O2S/c7-12(10)5-4-8-9-2-1-3-11-6(5)9/h4-7,12H,1-3H2. The molecule has 6 heteroatoms. The predicted molar refractivity (Wildman–Crippen MR) is 45.6 cm³/mol. The quantitative estimate of drug-likeness (QED) is 0.554. The summed E-state index contributed by atoms with van der Waals surface area (Å²) in [5.41, 5.74) is 0. The average molecular weight is 189 g/mol. The van der Waals surface area contributed by atoms with Crippen molar-refractivity contribution < 1.29 is 8.95 Å². The molecule has 0 aliphatic carbocycles. The first-order chi connectivity index (χ1) is 5.79. The molecule has 12 heavy (non-hydrogen) atoms. The molecule has 0 saturated carbocycles. The summed E-state index contributed by atoms with van der Waals surface area (Å²) in [4.78, 5) is 0.